The van der Waals surface area contributed by atoms with E-state index < -0.39 is 0 Å². The Bertz CT molecular complexity index is 463. The lowest BCUT2D eigenvalue weighted by atomic mass is 9.95. The van der Waals surface area contributed by atoms with Crippen LogP contribution in [0.5, 0.6) is 0 Å². The Hall–Kier alpha value is -1.77. The lowest BCUT2D eigenvalue weighted by molar-refractivity contribution is -0.116. The van der Waals surface area contributed by atoms with E-state index in [9.17, 15) is 4.79 Å². The zero-order valence-corrected chi connectivity index (χ0v) is 9.87. The SMILES string of the molecule is C=C1C(=O)NN(c2ccccc2C)C1(C)C. The molecule has 0 atom stereocenters. The quantitative estimate of drug-likeness (QED) is 0.730. The van der Waals surface area contributed by atoms with E-state index >= 15 is 0 Å². The first kappa shape index (κ1) is 10.7. The standard InChI is InChI=1S/C13H16N2O/c1-9-7-5-6-8-11(9)15-13(3,4)10(2)12(16)14-15/h5-8H,2H2,1,3-4H3,(H,14,16). The highest BCUT2D eigenvalue weighted by Crippen LogP contribution is 2.33. The number of para-hydroxylation sites is 1. The van der Waals surface area contributed by atoms with Crippen LogP contribution in [0.1, 0.15) is 19.4 Å². The largest absolute Gasteiger partial charge is 0.275 e. The van der Waals surface area contributed by atoms with E-state index in [2.05, 4.69) is 12.0 Å². The molecular weight excluding hydrogens is 200 g/mol. The molecule has 16 heavy (non-hydrogen) atoms. The number of amides is 1. The number of hydrogen-bond acceptors (Lipinski definition) is 2. The van der Waals surface area contributed by atoms with Crippen LogP contribution in [-0.4, -0.2) is 11.4 Å². The number of anilines is 1. The molecule has 0 radical (unpaired) electrons. The van der Waals surface area contributed by atoms with E-state index in [-0.39, 0.29) is 11.4 Å². The molecule has 0 aliphatic carbocycles. The van der Waals surface area contributed by atoms with Gasteiger partial charge in [0.05, 0.1) is 11.2 Å². The van der Waals surface area contributed by atoms with Gasteiger partial charge in [-0.1, -0.05) is 24.8 Å². The molecule has 0 unspecified atom stereocenters. The second kappa shape index (κ2) is 3.37. The van der Waals surface area contributed by atoms with Gasteiger partial charge in [-0.15, -0.1) is 0 Å². The fraction of sp³-hybridized carbons (Fsp3) is 0.308. The molecule has 1 N–H and O–H groups in total. The van der Waals surface area contributed by atoms with Crippen LogP contribution in [-0.2, 0) is 4.79 Å². The molecule has 3 nitrogen and oxygen atoms in total. The topological polar surface area (TPSA) is 32.3 Å². The molecule has 1 aromatic rings. The third kappa shape index (κ3) is 1.40. The number of carbonyl (C=O) groups excluding carboxylic acids is 1. The Morgan fingerprint density at radius 1 is 1.31 bits per heavy atom. The van der Waals surface area contributed by atoms with Crippen LogP contribution >= 0.6 is 0 Å². The van der Waals surface area contributed by atoms with Crippen LogP contribution in [0.25, 0.3) is 0 Å². The van der Waals surface area contributed by atoms with E-state index in [1.54, 1.807) is 0 Å². The summed E-state index contributed by atoms with van der Waals surface area (Å²) >= 11 is 0. The third-order valence-corrected chi connectivity index (χ3v) is 3.14. The Balaban J connectivity index is 2.47. The number of rotatable bonds is 1. The first-order chi connectivity index (χ1) is 7.44. The van der Waals surface area contributed by atoms with Gasteiger partial charge < -0.3 is 0 Å². The molecule has 0 saturated carbocycles. The zero-order chi connectivity index (χ0) is 11.9. The van der Waals surface area contributed by atoms with Gasteiger partial charge in [0.15, 0.2) is 0 Å². The number of carbonyl (C=O) groups is 1. The van der Waals surface area contributed by atoms with Crippen molar-refractivity contribution >= 4 is 11.6 Å². The molecular formula is C13H16N2O. The summed E-state index contributed by atoms with van der Waals surface area (Å²) in [6, 6.07) is 7.97. The normalized spacial score (nSPS) is 18.8. The number of hydrazine groups is 1. The predicted octanol–water partition coefficient (Wildman–Crippen LogP) is 2.18. The molecule has 0 spiro atoms. The Morgan fingerprint density at radius 3 is 2.44 bits per heavy atom. The van der Waals surface area contributed by atoms with Crippen molar-refractivity contribution in [1.82, 2.24) is 5.43 Å². The summed E-state index contributed by atoms with van der Waals surface area (Å²) in [6.07, 6.45) is 0. The number of nitrogens with zero attached hydrogens (tertiary/aromatic N) is 1. The predicted molar refractivity (Wildman–Crippen MR) is 65.0 cm³/mol. The summed E-state index contributed by atoms with van der Waals surface area (Å²) in [4.78, 5) is 11.6. The van der Waals surface area contributed by atoms with Crippen molar-refractivity contribution in [2.24, 2.45) is 0 Å². The van der Waals surface area contributed by atoms with Gasteiger partial charge >= 0.3 is 0 Å². The molecule has 1 aromatic carbocycles. The number of aryl methyl sites for hydroxylation is 1. The van der Waals surface area contributed by atoms with E-state index in [4.69, 9.17) is 0 Å². The first-order valence-corrected chi connectivity index (χ1v) is 5.31. The van der Waals surface area contributed by atoms with Crippen LogP contribution in [0.2, 0.25) is 0 Å². The summed E-state index contributed by atoms with van der Waals surface area (Å²) in [6.45, 7) is 9.84. The van der Waals surface area contributed by atoms with Gasteiger partial charge in [-0.25, -0.2) is 0 Å². The Morgan fingerprint density at radius 2 is 1.94 bits per heavy atom. The minimum absolute atomic E-state index is 0.103. The van der Waals surface area contributed by atoms with Gasteiger partial charge in [-0.05, 0) is 32.4 Å². The van der Waals surface area contributed by atoms with Crippen molar-refractivity contribution in [2.75, 3.05) is 5.01 Å². The Kier molecular flexibility index (Phi) is 2.26. The molecule has 84 valence electrons. The molecule has 3 heteroatoms. The minimum atomic E-state index is -0.386. The molecule has 1 aliphatic rings. The van der Waals surface area contributed by atoms with Crippen LogP contribution in [0.3, 0.4) is 0 Å². The van der Waals surface area contributed by atoms with Crippen molar-refractivity contribution in [2.45, 2.75) is 26.3 Å². The molecule has 1 heterocycles. The molecule has 0 aromatic heterocycles. The van der Waals surface area contributed by atoms with Crippen LogP contribution in [0, 0.1) is 6.92 Å². The summed E-state index contributed by atoms with van der Waals surface area (Å²) in [5, 5.41) is 1.88. The number of nitrogens with one attached hydrogen (secondary N) is 1. The Labute approximate surface area is 95.7 Å². The van der Waals surface area contributed by atoms with Crippen molar-refractivity contribution in [3.05, 3.63) is 42.0 Å². The van der Waals surface area contributed by atoms with Crippen LogP contribution < -0.4 is 10.4 Å². The molecule has 1 saturated heterocycles. The maximum Gasteiger partial charge on any atom is 0.267 e. The molecule has 0 bridgehead atoms. The third-order valence-electron chi connectivity index (χ3n) is 3.14. The van der Waals surface area contributed by atoms with E-state index in [1.165, 1.54) is 0 Å². The average Bonchev–Trinajstić information content (AvgIpc) is 2.43. The van der Waals surface area contributed by atoms with E-state index in [0.29, 0.717) is 5.57 Å². The first-order valence-electron chi connectivity index (χ1n) is 5.31. The molecule has 1 fully saturated rings. The lowest BCUT2D eigenvalue weighted by Crippen LogP contribution is -2.45. The smallest absolute Gasteiger partial charge is 0.267 e. The fourth-order valence-electron chi connectivity index (χ4n) is 1.90. The summed E-state index contributed by atoms with van der Waals surface area (Å²) in [7, 11) is 0. The van der Waals surface area contributed by atoms with Gasteiger partial charge in [-0.2, -0.15) is 0 Å². The van der Waals surface area contributed by atoms with Crippen molar-refractivity contribution < 1.29 is 4.79 Å². The van der Waals surface area contributed by atoms with Gasteiger partial charge in [0.1, 0.15) is 0 Å². The molecule has 1 aliphatic heterocycles. The van der Waals surface area contributed by atoms with Crippen molar-refractivity contribution in [1.29, 1.82) is 0 Å². The minimum Gasteiger partial charge on any atom is -0.275 e. The zero-order valence-electron chi connectivity index (χ0n) is 9.87. The van der Waals surface area contributed by atoms with E-state index in [0.717, 1.165) is 11.3 Å². The highest BCUT2D eigenvalue weighted by molar-refractivity contribution is 6.00. The molecule has 1 amide bonds. The van der Waals surface area contributed by atoms with Crippen molar-refractivity contribution in [3.63, 3.8) is 0 Å². The highest BCUT2D eigenvalue weighted by Gasteiger charge is 2.41. The van der Waals surface area contributed by atoms with Crippen molar-refractivity contribution in [3.8, 4) is 0 Å². The van der Waals surface area contributed by atoms with Gasteiger partial charge in [-0.3, -0.25) is 15.2 Å². The number of hydrogen-bond donors (Lipinski definition) is 1. The number of benzene rings is 1. The average molecular weight is 216 g/mol. The summed E-state index contributed by atoms with van der Waals surface area (Å²) in [5.41, 5.74) is 5.20. The van der Waals surface area contributed by atoms with E-state index in [1.807, 2.05) is 50.0 Å². The second-order valence-electron chi connectivity index (χ2n) is 4.60. The maximum absolute atomic E-state index is 11.6. The lowest BCUT2D eigenvalue weighted by Gasteiger charge is -2.33. The van der Waals surface area contributed by atoms with Gasteiger partial charge in [0, 0.05) is 5.57 Å². The monoisotopic (exact) mass is 216 g/mol. The maximum atomic E-state index is 11.6. The van der Waals surface area contributed by atoms with Crippen LogP contribution in [0.15, 0.2) is 36.4 Å². The molecule has 2 rings (SSSR count). The fourth-order valence-corrected chi connectivity index (χ4v) is 1.90. The summed E-state index contributed by atoms with van der Waals surface area (Å²) < 4.78 is 0. The highest BCUT2D eigenvalue weighted by atomic mass is 16.2. The van der Waals surface area contributed by atoms with Crippen LogP contribution in [0.4, 0.5) is 5.69 Å². The summed E-state index contributed by atoms with van der Waals surface area (Å²) in [5.74, 6) is -0.103. The second-order valence-corrected chi connectivity index (χ2v) is 4.60. The van der Waals surface area contributed by atoms with Gasteiger partial charge in [0.25, 0.3) is 5.91 Å². The van der Waals surface area contributed by atoms with Gasteiger partial charge in [0.2, 0.25) is 0 Å².